The summed E-state index contributed by atoms with van der Waals surface area (Å²) in [4.78, 5) is 21.1. The van der Waals surface area contributed by atoms with Crippen LogP contribution in [0, 0.1) is 21.4 Å². The fourth-order valence-electron chi connectivity index (χ4n) is 1.48. The Bertz CT molecular complexity index is 535. The summed E-state index contributed by atoms with van der Waals surface area (Å²) in [6.07, 6.45) is -0.329. The number of hydrogen-bond acceptors (Lipinski definition) is 5. The molecule has 7 heteroatoms. The van der Waals surface area contributed by atoms with Crippen LogP contribution in [-0.2, 0) is 4.79 Å². The van der Waals surface area contributed by atoms with Crippen molar-refractivity contribution in [1.29, 1.82) is 5.26 Å². The lowest BCUT2D eigenvalue weighted by molar-refractivity contribution is -0.386. The molecule has 0 radical (unpaired) electrons. The molecule has 0 aromatic heterocycles. The van der Waals surface area contributed by atoms with Gasteiger partial charge in [-0.25, -0.2) is 4.79 Å². The molecule has 0 saturated carbocycles. The number of hydrogen-bond donors (Lipinski definition) is 1. The van der Waals surface area contributed by atoms with Crippen LogP contribution >= 0.6 is 0 Å². The van der Waals surface area contributed by atoms with E-state index >= 15 is 0 Å². The number of carboxylic acid groups (broad SMARTS) is 1. The minimum atomic E-state index is -1.18. The molecule has 0 aliphatic carbocycles. The molecule has 0 aliphatic heterocycles. The number of ether oxygens (including phenoxy) is 1. The topological polar surface area (TPSA) is 113 Å². The maximum absolute atomic E-state index is 11.0. The van der Waals surface area contributed by atoms with Gasteiger partial charge in [-0.1, -0.05) is 13.3 Å². The molecule has 1 unspecified atom stereocenters. The predicted molar refractivity (Wildman–Crippen MR) is 64.8 cm³/mol. The van der Waals surface area contributed by atoms with Gasteiger partial charge in [-0.05, 0) is 18.6 Å². The minimum Gasteiger partial charge on any atom is -0.479 e. The summed E-state index contributed by atoms with van der Waals surface area (Å²) in [5, 5.41) is 28.5. The van der Waals surface area contributed by atoms with E-state index in [1.807, 2.05) is 0 Å². The summed E-state index contributed by atoms with van der Waals surface area (Å²) in [5.74, 6) is -1.33. The van der Waals surface area contributed by atoms with E-state index in [4.69, 9.17) is 15.1 Å². The van der Waals surface area contributed by atoms with Crippen molar-refractivity contribution in [3.63, 3.8) is 0 Å². The summed E-state index contributed by atoms with van der Waals surface area (Å²) < 4.78 is 5.16. The first-order valence-electron chi connectivity index (χ1n) is 5.57. The van der Waals surface area contributed by atoms with Gasteiger partial charge >= 0.3 is 11.7 Å². The number of benzene rings is 1. The number of rotatable bonds is 6. The first kappa shape index (κ1) is 14.4. The van der Waals surface area contributed by atoms with Gasteiger partial charge in [0, 0.05) is 6.07 Å². The third-order valence-corrected chi connectivity index (χ3v) is 2.38. The van der Waals surface area contributed by atoms with Crippen molar-refractivity contribution in [2.75, 3.05) is 0 Å². The summed E-state index contributed by atoms with van der Waals surface area (Å²) in [6.45, 7) is 1.78. The van der Waals surface area contributed by atoms with Crippen LogP contribution in [0.1, 0.15) is 25.3 Å². The lowest BCUT2D eigenvalue weighted by Crippen LogP contribution is -2.27. The molecule has 0 bridgehead atoms. The van der Waals surface area contributed by atoms with Crippen LogP contribution in [0.2, 0.25) is 0 Å². The lowest BCUT2D eigenvalue weighted by Gasteiger charge is -2.14. The number of carboxylic acids is 1. The van der Waals surface area contributed by atoms with Gasteiger partial charge in [0.2, 0.25) is 0 Å². The van der Waals surface area contributed by atoms with Gasteiger partial charge < -0.3 is 9.84 Å². The van der Waals surface area contributed by atoms with Crippen LogP contribution in [0.3, 0.4) is 0 Å². The highest BCUT2D eigenvalue weighted by molar-refractivity contribution is 5.73. The first-order valence-corrected chi connectivity index (χ1v) is 5.57. The van der Waals surface area contributed by atoms with E-state index in [2.05, 4.69) is 0 Å². The van der Waals surface area contributed by atoms with E-state index in [1.54, 1.807) is 13.0 Å². The molecule has 19 heavy (non-hydrogen) atoms. The van der Waals surface area contributed by atoms with Crippen molar-refractivity contribution in [3.05, 3.63) is 33.9 Å². The molecule has 1 aromatic carbocycles. The van der Waals surface area contributed by atoms with Crippen LogP contribution in [0.15, 0.2) is 18.2 Å². The molecule has 0 amide bonds. The molecule has 7 nitrogen and oxygen atoms in total. The lowest BCUT2D eigenvalue weighted by atomic mass is 10.2. The van der Waals surface area contributed by atoms with Crippen molar-refractivity contribution < 1.29 is 19.6 Å². The third-order valence-electron chi connectivity index (χ3n) is 2.38. The van der Waals surface area contributed by atoms with Crippen molar-refractivity contribution in [2.45, 2.75) is 25.9 Å². The van der Waals surface area contributed by atoms with E-state index in [0.717, 1.165) is 6.07 Å². The standard InChI is InChI=1S/C12H12N2O5/c1-2-3-11(12(15)16)19-10-5-4-8(7-13)6-9(10)14(17)18/h4-6,11H,2-3H2,1H3,(H,15,16). The van der Waals surface area contributed by atoms with Gasteiger partial charge in [0.15, 0.2) is 11.9 Å². The highest BCUT2D eigenvalue weighted by atomic mass is 16.6. The molecule has 0 aliphatic rings. The first-order chi connectivity index (χ1) is 8.99. The summed E-state index contributed by atoms with van der Waals surface area (Å²) >= 11 is 0. The van der Waals surface area contributed by atoms with Crippen molar-refractivity contribution in [1.82, 2.24) is 0 Å². The van der Waals surface area contributed by atoms with Crippen LogP contribution < -0.4 is 4.74 Å². The molecule has 100 valence electrons. The van der Waals surface area contributed by atoms with Crippen molar-refractivity contribution in [3.8, 4) is 11.8 Å². The Hall–Kier alpha value is -2.62. The van der Waals surface area contributed by atoms with E-state index in [0.29, 0.717) is 6.42 Å². The van der Waals surface area contributed by atoms with Gasteiger partial charge in [-0.15, -0.1) is 0 Å². The van der Waals surface area contributed by atoms with Crippen LogP contribution in [0.25, 0.3) is 0 Å². The van der Waals surface area contributed by atoms with Crippen LogP contribution in [-0.4, -0.2) is 22.1 Å². The Morgan fingerprint density at radius 2 is 2.32 bits per heavy atom. The second-order valence-electron chi connectivity index (χ2n) is 3.78. The second-order valence-corrected chi connectivity index (χ2v) is 3.78. The van der Waals surface area contributed by atoms with Crippen molar-refractivity contribution >= 4 is 11.7 Å². The van der Waals surface area contributed by atoms with Gasteiger partial charge in [-0.2, -0.15) is 5.26 Å². The highest BCUT2D eigenvalue weighted by Gasteiger charge is 2.23. The average Bonchev–Trinajstić information content (AvgIpc) is 2.38. The fourth-order valence-corrected chi connectivity index (χ4v) is 1.48. The molecule has 1 atom stereocenters. The Labute approximate surface area is 109 Å². The zero-order valence-corrected chi connectivity index (χ0v) is 10.2. The normalized spacial score (nSPS) is 11.4. The van der Waals surface area contributed by atoms with Crippen LogP contribution in [0.4, 0.5) is 5.69 Å². The molecule has 1 rings (SSSR count). The third kappa shape index (κ3) is 3.67. The Balaban J connectivity index is 3.09. The highest BCUT2D eigenvalue weighted by Crippen LogP contribution is 2.29. The maximum Gasteiger partial charge on any atom is 0.344 e. The predicted octanol–water partition coefficient (Wildman–Crippen LogP) is 2.10. The zero-order chi connectivity index (χ0) is 14.4. The monoisotopic (exact) mass is 264 g/mol. The largest absolute Gasteiger partial charge is 0.479 e. The van der Waals surface area contributed by atoms with Gasteiger partial charge in [-0.3, -0.25) is 10.1 Å². The number of carbonyl (C=O) groups is 1. The maximum atomic E-state index is 11.0. The SMILES string of the molecule is CCCC(Oc1ccc(C#N)cc1[N+](=O)[O-])C(=O)O. The summed E-state index contributed by atoms with van der Waals surface area (Å²) in [5.41, 5.74) is -0.303. The number of nitriles is 1. The molecule has 0 spiro atoms. The quantitative estimate of drug-likeness (QED) is 0.621. The van der Waals surface area contributed by atoms with Gasteiger partial charge in [0.1, 0.15) is 0 Å². The molecule has 1 aromatic rings. The Morgan fingerprint density at radius 3 is 2.79 bits per heavy atom. The van der Waals surface area contributed by atoms with Gasteiger partial charge in [0.05, 0.1) is 16.6 Å². The zero-order valence-electron chi connectivity index (χ0n) is 10.2. The molecule has 0 fully saturated rings. The second kappa shape index (κ2) is 6.35. The van der Waals surface area contributed by atoms with Crippen molar-refractivity contribution in [2.24, 2.45) is 0 Å². The van der Waals surface area contributed by atoms with Gasteiger partial charge in [0.25, 0.3) is 0 Å². The van der Waals surface area contributed by atoms with Crippen LogP contribution in [0.5, 0.6) is 5.75 Å². The number of nitro benzene ring substituents is 1. The fraction of sp³-hybridized carbons (Fsp3) is 0.333. The Morgan fingerprint density at radius 1 is 1.63 bits per heavy atom. The Kier molecular flexibility index (Phi) is 4.83. The smallest absolute Gasteiger partial charge is 0.344 e. The van der Waals surface area contributed by atoms with E-state index in [-0.39, 0.29) is 17.7 Å². The van der Waals surface area contributed by atoms with E-state index in [9.17, 15) is 14.9 Å². The number of aliphatic carboxylic acids is 1. The molecule has 0 heterocycles. The minimum absolute atomic E-state index is 0.112. The van der Waals surface area contributed by atoms with E-state index in [1.165, 1.54) is 12.1 Å². The molecular weight excluding hydrogens is 252 g/mol. The molecule has 0 saturated heterocycles. The number of nitro groups is 1. The summed E-state index contributed by atoms with van der Waals surface area (Å²) in [6, 6.07) is 5.41. The molecular formula is C12H12N2O5. The summed E-state index contributed by atoms with van der Waals surface area (Å²) in [7, 11) is 0. The van der Waals surface area contributed by atoms with E-state index < -0.39 is 22.7 Å². The average molecular weight is 264 g/mol. The number of nitrogens with zero attached hydrogens (tertiary/aromatic N) is 2. The molecule has 1 N–H and O–H groups in total.